The van der Waals surface area contributed by atoms with Gasteiger partial charge in [0.15, 0.2) is 5.69 Å². The molecule has 1 aromatic heterocycles. The lowest BCUT2D eigenvalue weighted by Crippen LogP contribution is -2.32. The van der Waals surface area contributed by atoms with Gasteiger partial charge < -0.3 is 14.5 Å². The number of hydrogen-bond acceptors (Lipinski definition) is 4. The van der Waals surface area contributed by atoms with Gasteiger partial charge in [-0.25, -0.2) is 0 Å². The first-order valence-corrected chi connectivity index (χ1v) is 9.24. The first-order valence-electron chi connectivity index (χ1n) is 9.24. The van der Waals surface area contributed by atoms with Crippen LogP contribution in [0.25, 0.3) is 0 Å². The maximum absolute atomic E-state index is 12.7. The van der Waals surface area contributed by atoms with Gasteiger partial charge >= 0.3 is 0 Å². The van der Waals surface area contributed by atoms with Crippen LogP contribution in [-0.4, -0.2) is 64.2 Å². The Bertz CT molecular complexity index is 622. The van der Waals surface area contributed by atoms with Crippen LogP contribution in [0.2, 0.25) is 0 Å². The van der Waals surface area contributed by atoms with Crippen molar-refractivity contribution in [1.82, 2.24) is 19.6 Å². The zero-order valence-corrected chi connectivity index (χ0v) is 15.2. The third-order valence-electron chi connectivity index (χ3n) is 5.09. The number of carbonyl (C=O) groups excluding carboxylic acids is 2. The molecule has 2 aliphatic rings. The van der Waals surface area contributed by atoms with Crippen LogP contribution in [0.4, 0.5) is 0 Å². The molecule has 1 saturated heterocycles. The van der Waals surface area contributed by atoms with Crippen LogP contribution in [0.15, 0.2) is 6.07 Å². The highest BCUT2D eigenvalue weighted by molar-refractivity contribution is 5.92. The molecule has 2 aliphatic heterocycles. The fraction of sp³-hybridized carbons (Fsp3) is 0.722. The average molecular weight is 348 g/mol. The molecule has 1 atom stereocenters. The van der Waals surface area contributed by atoms with E-state index in [9.17, 15) is 9.59 Å². The Kier molecular flexibility index (Phi) is 5.73. The van der Waals surface area contributed by atoms with E-state index in [0.717, 1.165) is 51.1 Å². The van der Waals surface area contributed by atoms with Gasteiger partial charge in [-0.05, 0) is 38.2 Å². The van der Waals surface area contributed by atoms with Crippen molar-refractivity contribution in [3.8, 4) is 0 Å². The first kappa shape index (κ1) is 17.9. The zero-order valence-electron chi connectivity index (χ0n) is 15.2. The fourth-order valence-electron chi connectivity index (χ4n) is 3.51. The predicted octanol–water partition coefficient (Wildman–Crippen LogP) is 1.67. The van der Waals surface area contributed by atoms with Gasteiger partial charge in [0.1, 0.15) is 0 Å². The Balaban J connectivity index is 1.60. The summed E-state index contributed by atoms with van der Waals surface area (Å²) in [4.78, 5) is 27.8. The van der Waals surface area contributed by atoms with Gasteiger partial charge in [-0.2, -0.15) is 5.10 Å². The van der Waals surface area contributed by atoms with E-state index in [1.54, 1.807) is 16.7 Å². The summed E-state index contributed by atoms with van der Waals surface area (Å²) >= 11 is 0. The summed E-state index contributed by atoms with van der Waals surface area (Å²) in [5.41, 5.74) is 1.40. The average Bonchev–Trinajstić information content (AvgIpc) is 2.91. The lowest BCUT2D eigenvalue weighted by Gasteiger charge is -2.25. The number of aryl methyl sites for hydroxylation is 1. The molecule has 2 amide bonds. The number of hydrogen-bond donors (Lipinski definition) is 0. The minimum Gasteiger partial charge on any atom is -0.378 e. The van der Waals surface area contributed by atoms with E-state index < -0.39 is 0 Å². The van der Waals surface area contributed by atoms with E-state index >= 15 is 0 Å². The van der Waals surface area contributed by atoms with Crippen LogP contribution in [0.1, 0.15) is 55.2 Å². The van der Waals surface area contributed by atoms with Crippen molar-refractivity contribution in [2.24, 2.45) is 0 Å². The molecule has 0 spiro atoms. The zero-order chi connectivity index (χ0) is 17.8. The third kappa shape index (κ3) is 4.39. The van der Waals surface area contributed by atoms with Gasteiger partial charge in [0.05, 0.1) is 18.3 Å². The molecule has 25 heavy (non-hydrogen) atoms. The van der Waals surface area contributed by atoms with E-state index in [4.69, 9.17) is 4.74 Å². The maximum atomic E-state index is 12.7. The quantitative estimate of drug-likeness (QED) is 0.830. The number of ether oxygens (including phenoxy) is 1. The van der Waals surface area contributed by atoms with Gasteiger partial charge in [0.25, 0.3) is 5.91 Å². The van der Waals surface area contributed by atoms with Crippen LogP contribution in [0.5, 0.6) is 0 Å². The van der Waals surface area contributed by atoms with Crippen LogP contribution < -0.4 is 0 Å². The van der Waals surface area contributed by atoms with Crippen molar-refractivity contribution < 1.29 is 14.3 Å². The molecule has 3 rings (SSSR count). The molecule has 0 saturated carbocycles. The highest BCUT2D eigenvalue weighted by Crippen LogP contribution is 2.17. The van der Waals surface area contributed by atoms with E-state index in [1.807, 2.05) is 17.8 Å². The molecule has 1 fully saturated rings. The standard InChI is InChI=1S/C18H28N4O3/c1-14(23)21-8-5-9-22-15(13-21)12-17(19-22)18(24)20(2)10-7-16-6-3-4-11-25-16/h12,16H,3-11,13H2,1-2H3/t16-/m1/s1. The summed E-state index contributed by atoms with van der Waals surface area (Å²) in [6.45, 7) is 5.09. The van der Waals surface area contributed by atoms with Crippen LogP contribution in [0, 0.1) is 0 Å². The van der Waals surface area contributed by atoms with Crippen molar-refractivity contribution in [3.05, 3.63) is 17.5 Å². The Morgan fingerprint density at radius 2 is 2.16 bits per heavy atom. The smallest absolute Gasteiger partial charge is 0.274 e. The van der Waals surface area contributed by atoms with Crippen molar-refractivity contribution >= 4 is 11.8 Å². The van der Waals surface area contributed by atoms with Crippen molar-refractivity contribution in [1.29, 1.82) is 0 Å². The topological polar surface area (TPSA) is 67.7 Å². The van der Waals surface area contributed by atoms with E-state index in [2.05, 4.69) is 5.10 Å². The Labute approximate surface area is 148 Å². The van der Waals surface area contributed by atoms with Crippen LogP contribution in [0.3, 0.4) is 0 Å². The summed E-state index contributed by atoms with van der Waals surface area (Å²) in [6, 6.07) is 1.83. The molecule has 0 aromatic carbocycles. The lowest BCUT2D eigenvalue weighted by molar-refractivity contribution is -0.129. The molecule has 0 bridgehead atoms. The van der Waals surface area contributed by atoms with E-state index in [1.165, 1.54) is 6.42 Å². The molecule has 0 N–H and O–H groups in total. The molecule has 0 unspecified atom stereocenters. The Hall–Kier alpha value is -1.89. The minimum absolute atomic E-state index is 0.0622. The number of aromatic nitrogens is 2. The third-order valence-corrected chi connectivity index (χ3v) is 5.09. The predicted molar refractivity (Wildman–Crippen MR) is 93.1 cm³/mol. The Morgan fingerprint density at radius 3 is 2.88 bits per heavy atom. The second kappa shape index (κ2) is 7.99. The molecular formula is C18H28N4O3. The van der Waals surface area contributed by atoms with Gasteiger partial charge in [0.2, 0.25) is 5.91 Å². The van der Waals surface area contributed by atoms with Gasteiger partial charge in [-0.3, -0.25) is 14.3 Å². The molecule has 138 valence electrons. The van der Waals surface area contributed by atoms with Crippen molar-refractivity contribution in [3.63, 3.8) is 0 Å². The van der Waals surface area contributed by atoms with E-state index in [0.29, 0.717) is 18.8 Å². The van der Waals surface area contributed by atoms with Gasteiger partial charge in [-0.15, -0.1) is 0 Å². The number of nitrogens with zero attached hydrogens (tertiary/aromatic N) is 4. The van der Waals surface area contributed by atoms with Crippen LogP contribution >= 0.6 is 0 Å². The number of fused-ring (bicyclic) bond motifs is 1. The highest BCUT2D eigenvalue weighted by Gasteiger charge is 2.23. The monoisotopic (exact) mass is 348 g/mol. The number of amides is 2. The van der Waals surface area contributed by atoms with Gasteiger partial charge in [0, 0.05) is 40.2 Å². The normalized spacial score (nSPS) is 20.7. The summed E-state index contributed by atoms with van der Waals surface area (Å²) in [6.07, 6.45) is 5.43. The summed E-state index contributed by atoms with van der Waals surface area (Å²) in [7, 11) is 1.82. The second-order valence-electron chi connectivity index (χ2n) is 7.04. The van der Waals surface area contributed by atoms with Crippen LogP contribution in [-0.2, 0) is 22.6 Å². The van der Waals surface area contributed by atoms with Gasteiger partial charge in [-0.1, -0.05) is 0 Å². The first-order chi connectivity index (χ1) is 12.0. The molecule has 7 nitrogen and oxygen atoms in total. The van der Waals surface area contributed by atoms with Crippen molar-refractivity contribution in [2.45, 2.75) is 58.2 Å². The molecule has 7 heteroatoms. The van der Waals surface area contributed by atoms with Crippen molar-refractivity contribution in [2.75, 3.05) is 26.7 Å². The number of carbonyl (C=O) groups is 2. The molecule has 1 aromatic rings. The highest BCUT2D eigenvalue weighted by atomic mass is 16.5. The second-order valence-corrected chi connectivity index (χ2v) is 7.04. The molecule has 0 radical (unpaired) electrons. The number of rotatable bonds is 4. The summed E-state index contributed by atoms with van der Waals surface area (Å²) in [5, 5.41) is 4.48. The largest absolute Gasteiger partial charge is 0.378 e. The minimum atomic E-state index is -0.0641. The van der Waals surface area contributed by atoms with E-state index in [-0.39, 0.29) is 17.9 Å². The lowest BCUT2D eigenvalue weighted by atomic mass is 10.1. The summed E-state index contributed by atoms with van der Waals surface area (Å²) < 4.78 is 7.60. The molecule has 0 aliphatic carbocycles. The maximum Gasteiger partial charge on any atom is 0.274 e. The fourth-order valence-corrected chi connectivity index (χ4v) is 3.51. The SMILES string of the molecule is CC(=O)N1CCCn2nc(C(=O)N(C)CC[C@H]3CCCCO3)cc2C1. The molecular weight excluding hydrogens is 320 g/mol. The molecule has 3 heterocycles. The summed E-state index contributed by atoms with van der Waals surface area (Å²) in [5.74, 6) is -0.00196. The Morgan fingerprint density at radius 1 is 1.32 bits per heavy atom.